The third-order valence-corrected chi connectivity index (χ3v) is 3.06. The number of rotatable bonds is 7. The molecular formula is C12H19N3O2S. The Morgan fingerprint density at radius 1 is 1.44 bits per heavy atom. The minimum absolute atomic E-state index is 0.0367. The molecule has 0 aliphatic carbocycles. The fourth-order valence-corrected chi connectivity index (χ4v) is 2.11. The van der Waals surface area contributed by atoms with Crippen LogP contribution in [0.2, 0.25) is 0 Å². The Labute approximate surface area is 111 Å². The van der Waals surface area contributed by atoms with Gasteiger partial charge in [0.2, 0.25) is 5.91 Å². The van der Waals surface area contributed by atoms with Crippen LogP contribution in [0.4, 0.5) is 0 Å². The second-order valence-electron chi connectivity index (χ2n) is 3.93. The summed E-state index contributed by atoms with van der Waals surface area (Å²) in [6.07, 6.45) is 2.63. The summed E-state index contributed by atoms with van der Waals surface area (Å²) in [4.78, 5) is 29.7. The number of aromatic nitrogens is 2. The molecule has 1 aromatic rings. The molecule has 1 amide bonds. The van der Waals surface area contributed by atoms with E-state index in [1.165, 1.54) is 17.8 Å². The number of aromatic amines is 1. The van der Waals surface area contributed by atoms with E-state index in [0.29, 0.717) is 11.7 Å². The Morgan fingerprint density at radius 3 is 2.89 bits per heavy atom. The summed E-state index contributed by atoms with van der Waals surface area (Å²) in [5.74, 6) is 0.240. The van der Waals surface area contributed by atoms with Crippen molar-refractivity contribution in [2.45, 2.75) is 38.3 Å². The number of nitrogens with one attached hydrogen (secondary N) is 2. The van der Waals surface area contributed by atoms with Crippen LogP contribution in [-0.4, -0.2) is 28.2 Å². The molecule has 0 saturated heterocycles. The summed E-state index contributed by atoms with van der Waals surface area (Å²) < 4.78 is 0. The lowest BCUT2D eigenvalue weighted by molar-refractivity contribution is -0.118. The monoisotopic (exact) mass is 269 g/mol. The molecule has 0 aromatic carbocycles. The molecule has 6 heteroatoms. The number of H-pyrrole nitrogens is 1. The SMILES string of the molecule is CCCNC(=O)CSc1nc(CCC)cc(=O)[nH]1. The van der Waals surface area contributed by atoms with E-state index in [-0.39, 0.29) is 17.2 Å². The van der Waals surface area contributed by atoms with Crippen LogP contribution in [-0.2, 0) is 11.2 Å². The molecule has 0 fully saturated rings. The fraction of sp³-hybridized carbons (Fsp3) is 0.583. The van der Waals surface area contributed by atoms with E-state index >= 15 is 0 Å². The fourth-order valence-electron chi connectivity index (χ4n) is 1.39. The molecule has 0 radical (unpaired) electrons. The highest BCUT2D eigenvalue weighted by atomic mass is 32.2. The van der Waals surface area contributed by atoms with Crippen LogP contribution in [0, 0.1) is 0 Å². The zero-order valence-electron chi connectivity index (χ0n) is 10.8. The second kappa shape index (κ2) is 7.92. The predicted octanol–water partition coefficient (Wildman–Crippen LogP) is 1.34. The molecule has 5 nitrogen and oxygen atoms in total. The van der Waals surface area contributed by atoms with Crippen LogP contribution >= 0.6 is 11.8 Å². The van der Waals surface area contributed by atoms with E-state index in [0.717, 1.165) is 25.0 Å². The number of carbonyl (C=O) groups is 1. The van der Waals surface area contributed by atoms with Crippen LogP contribution in [0.1, 0.15) is 32.4 Å². The number of aryl methyl sites for hydroxylation is 1. The van der Waals surface area contributed by atoms with Gasteiger partial charge in [-0.2, -0.15) is 0 Å². The standard InChI is InChI=1S/C12H19N3O2S/c1-3-5-9-7-10(16)15-12(14-9)18-8-11(17)13-6-4-2/h7H,3-6,8H2,1-2H3,(H,13,17)(H,14,15,16). The number of nitrogens with zero attached hydrogens (tertiary/aromatic N) is 1. The first kappa shape index (κ1) is 14.8. The normalized spacial score (nSPS) is 10.3. The first-order valence-corrected chi connectivity index (χ1v) is 7.14. The highest BCUT2D eigenvalue weighted by Crippen LogP contribution is 2.11. The lowest BCUT2D eigenvalue weighted by Gasteiger charge is -2.04. The zero-order chi connectivity index (χ0) is 13.4. The average molecular weight is 269 g/mol. The minimum Gasteiger partial charge on any atom is -0.355 e. The summed E-state index contributed by atoms with van der Waals surface area (Å²) in [5, 5.41) is 3.29. The highest BCUT2D eigenvalue weighted by Gasteiger charge is 2.05. The Bertz CT molecular complexity index is 445. The van der Waals surface area contributed by atoms with Gasteiger partial charge in [0.05, 0.1) is 5.75 Å². The molecule has 0 aliphatic heterocycles. The van der Waals surface area contributed by atoms with Crippen molar-refractivity contribution >= 4 is 17.7 Å². The summed E-state index contributed by atoms with van der Waals surface area (Å²) in [7, 11) is 0. The quantitative estimate of drug-likeness (QED) is 0.578. The van der Waals surface area contributed by atoms with Gasteiger partial charge in [0, 0.05) is 18.3 Å². The zero-order valence-corrected chi connectivity index (χ0v) is 11.6. The number of hydrogen-bond acceptors (Lipinski definition) is 4. The van der Waals surface area contributed by atoms with E-state index < -0.39 is 0 Å². The third-order valence-electron chi connectivity index (χ3n) is 2.19. The maximum absolute atomic E-state index is 11.4. The second-order valence-corrected chi connectivity index (χ2v) is 4.89. The van der Waals surface area contributed by atoms with Crippen LogP contribution in [0.25, 0.3) is 0 Å². The lowest BCUT2D eigenvalue weighted by Crippen LogP contribution is -2.26. The minimum atomic E-state index is -0.162. The molecule has 0 atom stereocenters. The van der Waals surface area contributed by atoms with Gasteiger partial charge in [-0.25, -0.2) is 4.98 Å². The first-order chi connectivity index (χ1) is 8.65. The molecular weight excluding hydrogens is 250 g/mol. The summed E-state index contributed by atoms with van der Waals surface area (Å²) in [6, 6.07) is 1.50. The maximum atomic E-state index is 11.4. The largest absolute Gasteiger partial charge is 0.355 e. The first-order valence-electron chi connectivity index (χ1n) is 6.15. The number of hydrogen-bond donors (Lipinski definition) is 2. The van der Waals surface area contributed by atoms with E-state index in [1.54, 1.807) is 0 Å². The molecule has 0 bridgehead atoms. The van der Waals surface area contributed by atoms with Gasteiger partial charge < -0.3 is 10.3 Å². The molecule has 0 saturated carbocycles. The maximum Gasteiger partial charge on any atom is 0.251 e. The lowest BCUT2D eigenvalue weighted by atomic mass is 10.2. The molecule has 100 valence electrons. The Kier molecular flexibility index (Phi) is 6.49. The Hall–Kier alpha value is -1.30. The Balaban J connectivity index is 2.56. The Morgan fingerprint density at radius 2 is 2.22 bits per heavy atom. The van der Waals surface area contributed by atoms with Crippen molar-refractivity contribution in [3.05, 3.63) is 22.1 Å². The number of thioether (sulfide) groups is 1. The van der Waals surface area contributed by atoms with Crippen molar-refractivity contribution < 1.29 is 4.79 Å². The van der Waals surface area contributed by atoms with Crippen molar-refractivity contribution in [3.8, 4) is 0 Å². The van der Waals surface area contributed by atoms with Crippen molar-refractivity contribution in [2.75, 3.05) is 12.3 Å². The van der Waals surface area contributed by atoms with Gasteiger partial charge >= 0.3 is 0 Å². The van der Waals surface area contributed by atoms with Gasteiger partial charge in [-0.05, 0) is 12.8 Å². The van der Waals surface area contributed by atoms with E-state index in [9.17, 15) is 9.59 Å². The van der Waals surface area contributed by atoms with Crippen LogP contribution in [0.3, 0.4) is 0 Å². The van der Waals surface area contributed by atoms with E-state index in [4.69, 9.17) is 0 Å². The number of amides is 1. The van der Waals surface area contributed by atoms with Crippen LogP contribution < -0.4 is 10.9 Å². The topological polar surface area (TPSA) is 74.8 Å². The van der Waals surface area contributed by atoms with Crippen molar-refractivity contribution in [1.82, 2.24) is 15.3 Å². The molecule has 18 heavy (non-hydrogen) atoms. The molecule has 1 aromatic heterocycles. The molecule has 0 unspecified atom stereocenters. The van der Waals surface area contributed by atoms with Crippen molar-refractivity contribution in [1.29, 1.82) is 0 Å². The molecule has 0 aliphatic rings. The van der Waals surface area contributed by atoms with Gasteiger partial charge in [0.25, 0.3) is 5.56 Å². The van der Waals surface area contributed by atoms with E-state index in [2.05, 4.69) is 15.3 Å². The van der Waals surface area contributed by atoms with Gasteiger partial charge in [-0.1, -0.05) is 32.0 Å². The molecule has 0 spiro atoms. The van der Waals surface area contributed by atoms with Crippen molar-refractivity contribution in [3.63, 3.8) is 0 Å². The summed E-state index contributed by atoms with van der Waals surface area (Å²) in [5.41, 5.74) is 0.614. The molecule has 1 heterocycles. The van der Waals surface area contributed by atoms with Crippen LogP contribution in [0.15, 0.2) is 16.0 Å². The average Bonchev–Trinajstić information content (AvgIpc) is 2.33. The predicted molar refractivity (Wildman–Crippen MR) is 72.9 cm³/mol. The summed E-state index contributed by atoms with van der Waals surface area (Å²) in [6.45, 7) is 4.72. The van der Waals surface area contributed by atoms with Crippen LogP contribution in [0.5, 0.6) is 0 Å². The van der Waals surface area contributed by atoms with Gasteiger partial charge in [-0.3, -0.25) is 9.59 Å². The third kappa shape index (κ3) is 5.35. The molecule has 1 rings (SSSR count). The van der Waals surface area contributed by atoms with Crippen molar-refractivity contribution in [2.24, 2.45) is 0 Å². The number of carbonyl (C=O) groups excluding carboxylic acids is 1. The molecule has 2 N–H and O–H groups in total. The van der Waals surface area contributed by atoms with E-state index in [1.807, 2.05) is 13.8 Å². The van der Waals surface area contributed by atoms with Gasteiger partial charge in [0.1, 0.15) is 0 Å². The van der Waals surface area contributed by atoms with Gasteiger partial charge in [0.15, 0.2) is 5.16 Å². The summed E-state index contributed by atoms with van der Waals surface area (Å²) >= 11 is 1.25. The van der Waals surface area contributed by atoms with Gasteiger partial charge in [-0.15, -0.1) is 0 Å². The smallest absolute Gasteiger partial charge is 0.251 e. The highest BCUT2D eigenvalue weighted by molar-refractivity contribution is 7.99.